The Bertz CT molecular complexity index is 1220. The number of likely N-dealkylation sites (N-methyl/N-ethyl adjacent to an activating group) is 1. The molecule has 9 nitrogen and oxygen atoms in total. The predicted molar refractivity (Wildman–Crippen MR) is 135 cm³/mol. The molecule has 0 saturated carbocycles. The number of carbonyl (C=O) groups excluding carboxylic acids is 4. The second kappa shape index (κ2) is 10.5. The van der Waals surface area contributed by atoms with Crippen molar-refractivity contribution in [2.75, 3.05) is 39.9 Å². The van der Waals surface area contributed by atoms with Gasteiger partial charge in [0.05, 0.1) is 25.8 Å². The van der Waals surface area contributed by atoms with E-state index in [4.69, 9.17) is 4.74 Å². The number of hydrogen-bond donors (Lipinski definition) is 2. The second-order valence-electron chi connectivity index (χ2n) is 10.3. The highest BCUT2D eigenvalue weighted by Gasteiger charge is 2.51. The molecule has 194 valence electrons. The SMILES string of the molecule is C[N+]1(C2CCC(=O)NC2=O)Cc2cc(CNC(=O)c3ccc(CCN4CCOCC4)cc3)ccc2C1=O. The zero-order valence-electron chi connectivity index (χ0n) is 21.1. The van der Waals surface area contributed by atoms with Crippen molar-refractivity contribution in [2.45, 2.75) is 38.4 Å². The van der Waals surface area contributed by atoms with Gasteiger partial charge in [-0.2, -0.15) is 0 Å². The van der Waals surface area contributed by atoms with Crippen LogP contribution in [0, 0.1) is 0 Å². The first-order valence-corrected chi connectivity index (χ1v) is 12.9. The van der Waals surface area contributed by atoms with Gasteiger partial charge in [-0.1, -0.05) is 18.2 Å². The van der Waals surface area contributed by atoms with E-state index in [1.807, 2.05) is 36.4 Å². The molecule has 0 radical (unpaired) electrons. The summed E-state index contributed by atoms with van der Waals surface area (Å²) in [5.74, 6) is -0.952. The normalized spacial score (nSPS) is 24.0. The molecule has 3 aliphatic heterocycles. The maximum atomic E-state index is 13.2. The Morgan fingerprint density at radius 3 is 2.54 bits per heavy atom. The van der Waals surface area contributed by atoms with E-state index in [1.165, 1.54) is 5.56 Å². The lowest BCUT2D eigenvalue weighted by Gasteiger charge is -2.35. The van der Waals surface area contributed by atoms with Crippen molar-refractivity contribution in [3.63, 3.8) is 0 Å². The van der Waals surface area contributed by atoms with Crippen molar-refractivity contribution < 1.29 is 28.4 Å². The molecule has 3 aliphatic rings. The van der Waals surface area contributed by atoms with Gasteiger partial charge in [-0.3, -0.25) is 24.6 Å². The summed E-state index contributed by atoms with van der Waals surface area (Å²) in [4.78, 5) is 52.3. The van der Waals surface area contributed by atoms with E-state index < -0.39 is 6.04 Å². The van der Waals surface area contributed by atoms with E-state index in [2.05, 4.69) is 15.5 Å². The summed E-state index contributed by atoms with van der Waals surface area (Å²) in [6.07, 6.45) is 1.53. The molecule has 0 spiro atoms. The maximum absolute atomic E-state index is 13.2. The van der Waals surface area contributed by atoms with Gasteiger partial charge in [0.25, 0.3) is 11.8 Å². The lowest BCUT2D eigenvalue weighted by molar-refractivity contribution is -0.855. The molecule has 37 heavy (non-hydrogen) atoms. The number of hydrogen-bond acceptors (Lipinski definition) is 6. The summed E-state index contributed by atoms with van der Waals surface area (Å²) in [6, 6.07) is 12.7. The van der Waals surface area contributed by atoms with Crippen LogP contribution in [0.3, 0.4) is 0 Å². The lowest BCUT2D eigenvalue weighted by atomic mass is 10.0. The Morgan fingerprint density at radius 1 is 1.08 bits per heavy atom. The summed E-state index contributed by atoms with van der Waals surface area (Å²) in [5.41, 5.74) is 4.14. The molecule has 0 bridgehead atoms. The van der Waals surface area contributed by atoms with Crippen molar-refractivity contribution in [2.24, 2.45) is 0 Å². The Hall–Kier alpha value is -3.40. The van der Waals surface area contributed by atoms with E-state index in [0.717, 1.165) is 50.4 Å². The Morgan fingerprint density at radius 2 is 1.81 bits per heavy atom. The quantitative estimate of drug-likeness (QED) is 0.436. The molecular formula is C28H33N4O5+. The van der Waals surface area contributed by atoms with Crippen LogP contribution >= 0.6 is 0 Å². The molecule has 3 heterocycles. The van der Waals surface area contributed by atoms with E-state index in [9.17, 15) is 19.2 Å². The number of nitrogens with zero attached hydrogens (tertiary/aromatic N) is 2. The molecule has 0 aromatic heterocycles. The fourth-order valence-corrected chi connectivity index (χ4v) is 5.49. The molecule has 2 atom stereocenters. The zero-order chi connectivity index (χ0) is 26.0. The number of morpholine rings is 1. The van der Waals surface area contributed by atoms with E-state index in [-0.39, 0.29) is 34.5 Å². The molecule has 2 N–H and O–H groups in total. The van der Waals surface area contributed by atoms with E-state index >= 15 is 0 Å². The van der Waals surface area contributed by atoms with Gasteiger partial charge in [0.2, 0.25) is 5.91 Å². The highest BCUT2D eigenvalue weighted by atomic mass is 16.5. The number of nitrogens with one attached hydrogen (secondary N) is 2. The summed E-state index contributed by atoms with van der Waals surface area (Å²) in [5, 5.41) is 5.33. The van der Waals surface area contributed by atoms with Crippen molar-refractivity contribution in [1.82, 2.24) is 15.5 Å². The van der Waals surface area contributed by atoms with Crippen LogP contribution < -0.4 is 10.6 Å². The van der Waals surface area contributed by atoms with Crippen LogP contribution in [0.5, 0.6) is 0 Å². The first-order valence-electron chi connectivity index (χ1n) is 12.9. The average molecular weight is 506 g/mol. The smallest absolute Gasteiger partial charge is 0.347 e. The molecule has 2 unspecified atom stereocenters. The maximum Gasteiger partial charge on any atom is 0.347 e. The average Bonchev–Trinajstić information content (AvgIpc) is 3.16. The number of rotatable bonds is 7. The number of fused-ring (bicyclic) bond motifs is 1. The summed E-state index contributed by atoms with van der Waals surface area (Å²) in [7, 11) is 1.76. The molecule has 2 saturated heterocycles. The third-order valence-electron chi connectivity index (χ3n) is 7.75. The number of carbonyl (C=O) groups is 4. The van der Waals surface area contributed by atoms with Crippen LogP contribution in [0.15, 0.2) is 42.5 Å². The third kappa shape index (κ3) is 5.34. The minimum absolute atomic E-state index is 0.0673. The second-order valence-corrected chi connectivity index (χ2v) is 10.3. The summed E-state index contributed by atoms with van der Waals surface area (Å²) < 4.78 is 5.32. The molecule has 5 rings (SSSR count). The van der Waals surface area contributed by atoms with Crippen molar-refractivity contribution in [1.29, 1.82) is 0 Å². The largest absolute Gasteiger partial charge is 0.379 e. The highest BCUT2D eigenvalue weighted by molar-refractivity contribution is 6.02. The summed E-state index contributed by atoms with van der Waals surface area (Å²) >= 11 is 0. The van der Waals surface area contributed by atoms with Gasteiger partial charge in [0, 0.05) is 50.1 Å². The van der Waals surface area contributed by atoms with Gasteiger partial charge in [-0.05, 0) is 41.8 Å². The van der Waals surface area contributed by atoms with Crippen LogP contribution in [-0.2, 0) is 33.8 Å². The topological polar surface area (TPSA) is 105 Å². The standard InChI is InChI=1S/C28H32N4O5/c1-32(24-8-9-25(33)30-27(24)35)18-22-16-20(4-7-23(22)28(32)36)17-29-26(34)21-5-2-19(3-6-21)10-11-31-12-14-37-15-13-31/h2-7,16,24H,8-15,17-18H2,1H3,(H-,29,30,33,34,35)/p+1. The minimum Gasteiger partial charge on any atom is -0.379 e. The van der Waals surface area contributed by atoms with E-state index in [0.29, 0.717) is 30.6 Å². The van der Waals surface area contributed by atoms with Crippen LogP contribution in [-0.4, -0.2) is 78.9 Å². The van der Waals surface area contributed by atoms with Crippen LogP contribution in [0.1, 0.15) is 50.2 Å². The number of amides is 4. The molecular weight excluding hydrogens is 472 g/mol. The van der Waals surface area contributed by atoms with Crippen molar-refractivity contribution in [3.8, 4) is 0 Å². The van der Waals surface area contributed by atoms with Crippen LogP contribution in [0.2, 0.25) is 0 Å². The van der Waals surface area contributed by atoms with Gasteiger partial charge in [-0.25, -0.2) is 9.28 Å². The summed E-state index contributed by atoms with van der Waals surface area (Å²) in [6.45, 7) is 5.21. The number of ether oxygens (including phenoxy) is 1. The molecule has 0 aliphatic carbocycles. The van der Waals surface area contributed by atoms with Crippen LogP contribution in [0.4, 0.5) is 0 Å². The molecule has 4 amide bonds. The van der Waals surface area contributed by atoms with E-state index in [1.54, 1.807) is 13.1 Å². The molecule has 9 heteroatoms. The number of imide groups is 1. The monoisotopic (exact) mass is 505 g/mol. The first kappa shape index (κ1) is 25.3. The number of benzene rings is 2. The van der Waals surface area contributed by atoms with Gasteiger partial charge >= 0.3 is 5.91 Å². The lowest BCUT2D eigenvalue weighted by Crippen LogP contribution is -2.61. The molecule has 2 aromatic rings. The minimum atomic E-state index is -0.586. The van der Waals surface area contributed by atoms with Crippen LogP contribution in [0.25, 0.3) is 0 Å². The fraction of sp³-hybridized carbons (Fsp3) is 0.429. The Labute approximate surface area is 216 Å². The van der Waals surface area contributed by atoms with Gasteiger partial charge in [0.1, 0.15) is 6.54 Å². The predicted octanol–water partition coefficient (Wildman–Crippen LogP) is 1.40. The fourth-order valence-electron chi connectivity index (χ4n) is 5.49. The Kier molecular flexibility index (Phi) is 7.19. The third-order valence-corrected chi connectivity index (χ3v) is 7.75. The van der Waals surface area contributed by atoms with Gasteiger partial charge in [0.15, 0.2) is 6.04 Å². The Balaban J connectivity index is 1.17. The van der Waals surface area contributed by atoms with Gasteiger partial charge < -0.3 is 10.1 Å². The van der Waals surface area contributed by atoms with Gasteiger partial charge in [-0.15, -0.1) is 0 Å². The highest BCUT2D eigenvalue weighted by Crippen LogP contribution is 2.34. The first-order chi connectivity index (χ1) is 17.8. The van der Waals surface area contributed by atoms with Crippen molar-refractivity contribution >= 4 is 23.6 Å². The number of piperidine rings is 1. The number of quaternary nitrogens is 1. The molecule has 2 fully saturated rings. The molecule has 2 aromatic carbocycles. The van der Waals surface area contributed by atoms with Crippen molar-refractivity contribution in [3.05, 3.63) is 70.3 Å². The zero-order valence-corrected chi connectivity index (χ0v) is 21.1.